The Morgan fingerprint density at radius 2 is 2.21 bits per heavy atom. The zero-order valence-corrected chi connectivity index (χ0v) is 7.49. The van der Waals surface area contributed by atoms with Gasteiger partial charge in [0.1, 0.15) is 5.82 Å². The molecule has 0 aliphatic heterocycles. The van der Waals surface area contributed by atoms with Gasteiger partial charge in [-0.05, 0) is 6.07 Å². The quantitative estimate of drug-likeness (QED) is 0.213. The van der Waals surface area contributed by atoms with E-state index in [-0.39, 0.29) is 22.8 Å². The van der Waals surface area contributed by atoms with E-state index in [2.05, 4.69) is 5.16 Å². The molecular formula is C8H10FN3O2. The van der Waals surface area contributed by atoms with Crippen molar-refractivity contribution in [2.24, 2.45) is 10.9 Å². The van der Waals surface area contributed by atoms with Crippen LogP contribution in [0.25, 0.3) is 0 Å². The minimum atomic E-state index is -0.579. The van der Waals surface area contributed by atoms with Crippen LogP contribution in [0.1, 0.15) is 5.56 Å². The molecule has 0 aromatic heterocycles. The lowest BCUT2D eigenvalue weighted by Gasteiger charge is -2.09. The molecule has 0 atom stereocenters. The van der Waals surface area contributed by atoms with Gasteiger partial charge in [0.25, 0.3) is 0 Å². The molecule has 0 heterocycles. The van der Waals surface area contributed by atoms with E-state index in [1.54, 1.807) is 0 Å². The van der Waals surface area contributed by atoms with Gasteiger partial charge in [-0.3, -0.25) is 0 Å². The third-order valence-electron chi connectivity index (χ3n) is 1.67. The molecule has 76 valence electrons. The summed E-state index contributed by atoms with van der Waals surface area (Å²) in [5, 5.41) is 11.2. The number of methoxy groups -OCH3 is 1. The Hall–Kier alpha value is -1.98. The number of ether oxygens (including phenoxy) is 1. The van der Waals surface area contributed by atoms with E-state index in [0.717, 1.165) is 12.1 Å². The van der Waals surface area contributed by atoms with Crippen molar-refractivity contribution in [3.63, 3.8) is 0 Å². The molecular weight excluding hydrogens is 189 g/mol. The topological polar surface area (TPSA) is 93.9 Å². The number of benzene rings is 1. The van der Waals surface area contributed by atoms with Crippen molar-refractivity contribution in [2.75, 3.05) is 12.8 Å². The number of rotatable bonds is 2. The van der Waals surface area contributed by atoms with Gasteiger partial charge >= 0.3 is 0 Å². The Morgan fingerprint density at radius 3 is 2.71 bits per heavy atom. The van der Waals surface area contributed by atoms with Crippen LogP contribution < -0.4 is 16.2 Å². The second-order valence-electron chi connectivity index (χ2n) is 2.56. The van der Waals surface area contributed by atoms with Crippen LogP contribution in [0.4, 0.5) is 10.1 Å². The van der Waals surface area contributed by atoms with Gasteiger partial charge in [-0.15, -0.1) is 0 Å². The fourth-order valence-corrected chi connectivity index (χ4v) is 1.09. The van der Waals surface area contributed by atoms with Crippen LogP contribution in [0.2, 0.25) is 0 Å². The molecule has 1 aromatic rings. The smallest absolute Gasteiger partial charge is 0.174 e. The zero-order chi connectivity index (χ0) is 10.7. The highest BCUT2D eigenvalue weighted by Crippen LogP contribution is 2.27. The first-order chi connectivity index (χ1) is 6.60. The maximum atomic E-state index is 12.9. The first kappa shape index (κ1) is 10.1. The Labute approximate surface area is 79.8 Å². The van der Waals surface area contributed by atoms with Crippen molar-refractivity contribution in [3.05, 3.63) is 23.5 Å². The van der Waals surface area contributed by atoms with Crippen molar-refractivity contribution in [3.8, 4) is 5.75 Å². The number of amidine groups is 1. The minimum Gasteiger partial charge on any atom is -0.494 e. The van der Waals surface area contributed by atoms with E-state index in [1.807, 2.05) is 0 Å². The lowest BCUT2D eigenvalue weighted by atomic mass is 10.1. The third kappa shape index (κ3) is 1.68. The van der Waals surface area contributed by atoms with E-state index in [9.17, 15) is 4.39 Å². The van der Waals surface area contributed by atoms with Crippen LogP contribution >= 0.6 is 0 Å². The minimum absolute atomic E-state index is 0.0918. The molecule has 0 aliphatic rings. The molecule has 0 saturated carbocycles. The van der Waals surface area contributed by atoms with Crippen molar-refractivity contribution in [1.82, 2.24) is 0 Å². The van der Waals surface area contributed by atoms with E-state index >= 15 is 0 Å². The van der Waals surface area contributed by atoms with Crippen molar-refractivity contribution in [2.45, 2.75) is 0 Å². The van der Waals surface area contributed by atoms with Gasteiger partial charge in [0.05, 0.1) is 18.4 Å². The molecule has 0 amide bonds. The predicted molar refractivity (Wildman–Crippen MR) is 49.9 cm³/mol. The average Bonchev–Trinajstić information content (AvgIpc) is 2.15. The summed E-state index contributed by atoms with van der Waals surface area (Å²) in [6, 6.07) is 2.16. The van der Waals surface area contributed by atoms with Gasteiger partial charge in [-0.25, -0.2) is 4.39 Å². The molecule has 5 nitrogen and oxygen atoms in total. The van der Waals surface area contributed by atoms with E-state index in [4.69, 9.17) is 21.4 Å². The predicted octanol–water partition coefficient (Wildman–Crippen LogP) is 0.511. The summed E-state index contributed by atoms with van der Waals surface area (Å²) in [6.07, 6.45) is 0. The van der Waals surface area contributed by atoms with Crippen LogP contribution in [0.15, 0.2) is 17.3 Å². The van der Waals surface area contributed by atoms with E-state index < -0.39 is 5.82 Å². The van der Waals surface area contributed by atoms with Crippen LogP contribution in [0.5, 0.6) is 5.75 Å². The highest BCUT2D eigenvalue weighted by atomic mass is 19.1. The lowest BCUT2D eigenvalue weighted by molar-refractivity contribution is 0.318. The fraction of sp³-hybridized carbons (Fsp3) is 0.125. The number of oxime groups is 1. The molecule has 14 heavy (non-hydrogen) atoms. The second-order valence-corrected chi connectivity index (χ2v) is 2.56. The molecule has 1 rings (SSSR count). The number of anilines is 1. The van der Waals surface area contributed by atoms with Crippen LogP contribution in [-0.2, 0) is 0 Å². The summed E-state index contributed by atoms with van der Waals surface area (Å²) in [4.78, 5) is 0. The number of hydrogen-bond acceptors (Lipinski definition) is 4. The Morgan fingerprint density at radius 1 is 1.57 bits per heavy atom. The lowest BCUT2D eigenvalue weighted by Crippen LogP contribution is -2.15. The monoisotopic (exact) mass is 199 g/mol. The highest BCUT2D eigenvalue weighted by molar-refractivity contribution is 6.01. The molecule has 5 N–H and O–H groups in total. The second kappa shape index (κ2) is 3.82. The van der Waals surface area contributed by atoms with Crippen molar-refractivity contribution in [1.29, 1.82) is 0 Å². The summed E-state index contributed by atoms with van der Waals surface area (Å²) in [7, 11) is 1.36. The number of halogens is 1. The molecule has 0 radical (unpaired) electrons. The number of nitrogens with zero attached hydrogens (tertiary/aromatic N) is 1. The van der Waals surface area contributed by atoms with Crippen molar-refractivity contribution >= 4 is 11.5 Å². The maximum absolute atomic E-state index is 12.9. The summed E-state index contributed by atoms with van der Waals surface area (Å²) in [5.74, 6) is -0.653. The molecule has 0 spiro atoms. The van der Waals surface area contributed by atoms with Gasteiger partial charge in [-0.2, -0.15) is 0 Å². The number of nitrogen functional groups attached to an aromatic ring is 1. The molecule has 0 fully saturated rings. The van der Waals surface area contributed by atoms with E-state index in [0.29, 0.717) is 0 Å². The third-order valence-corrected chi connectivity index (χ3v) is 1.67. The molecule has 0 unspecified atom stereocenters. The largest absolute Gasteiger partial charge is 0.494 e. The van der Waals surface area contributed by atoms with Gasteiger partial charge in [0.2, 0.25) is 0 Å². The summed E-state index contributed by atoms with van der Waals surface area (Å²) < 4.78 is 17.8. The standard InChI is InChI=1S/C8H10FN3O2/c1-14-7-5(8(11)12-13)2-4(9)3-6(7)10/h2-3,13H,10H2,1H3,(H2,11,12). The van der Waals surface area contributed by atoms with Gasteiger partial charge in [0.15, 0.2) is 11.6 Å². The van der Waals surface area contributed by atoms with Gasteiger partial charge in [-0.1, -0.05) is 5.16 Å². The van der Waals surface area contributed by atoms with Crippen LogP contribution in [-0.4, -0.2) is 18.2 Å². The maximum Gasteiger partial charge on any atom is 0.174 e. The Bertz CT molecular complexity index is 379. The molecule has 0 bridgehead atoms. The highest BCUT2D eigenvalue weighted by Gasteiger charge is 2.12. The molecule has 6 heteroatoms. The average molecular weight is 199 g/mol. The fourth-order valence-electron chi connectivity index (χ4n) is 1.09. The Kier molecular flexibility index (Phi) is 2.76. The molecule has 0 aliphatic carbocycles. The van der Waals surface area contributed by atoms with Gasteiger partial charge in [0, 0.05) is 6.07 Å². The summed E-state index contributed by atoms with van der Waals surface area (Å²) in [6.45, 7) is 0. The summed E-state index contributed by atoms with van der Waals surface area (Å²) >= 11 is 0. The zero-order valence-electron chi connectivity index (χ0n) is 7.49. The normalized spacial score (nSPS) is 11.4. The molecule has 0 saturated heterocycles. The van der Waals surface area contributed by atoms with Crippen LogP contribution in [0.3, 0.4) is 0 Å². The first-order valence-electron chi connectivity index (χ1n) is 3.71. The number of hydrogen-bond donors (Lipinski definition) is 3. The van der Waals surface area contributed by atoms with E-state index in [1.165, 1.54) is 7.11 Å². The molecule has 1 aromatic carbocycles. The van der Waals surface area contributed by atoms with Crippen LogP contribution in [0, 0.1) is 5.82 Å². The van der Waals surface area contributed by atoms with Gasteiger partial charge < -0.3 is 21.4 Å². The first-order valence-corrected chi connectivity index (χ1v) is 3.71. The Balaban J connectivity index is 3.39. The van der Waals surface area contributed by atoms with Crippen molar-refractivity contribution < 1.29 is 14.3 Å². The SMILES string of the molecule is COc1c(N)cc(F)cc1C(N)=NO. The summed E-state index contributed by atoms with van der Waals surface area (Å²) in [5.41, 5.74) is 11.0. The number of nitrogens with two attached hydrogens (primary N) is 2.